The predicted octanol–water partition coefficient (Wildman–Crippen LogP) is 2.54. The Morgan fingerprint density at radius 1 is 1.09 bits per heavy atom. The lowest BCUT2D eigenvalue weighted by molar-refractivity contribution is 0.0639. The number of hydrogen-bond donors (Lipinski definition) is 0. The number of nitrogens with zero attached hydrogens (tertiary/aromatic N) is 5. The van der Waals surface area contributed by atoms with Crippen molar-refractivity contribution in [3.8, 4) is 11.3 Å². The van der Waals surface area contributed by atoms with Crippen LogP contribution < -0.4 is 0 Å². The van der Waals surface area contributed by atoms with Gasteiger partial charge in [0.05, 0.1) is 28.8 Å². The number of fused-ring (bicyclic) bond motifs is 1. The Labute approximate surface area is 194 Å². The average molecular weight is 468 g/mol. The zero-order valence-electron chi connectivity index (χ0n) is 19.1. The number of aromatic nitrogens is 3. The van der Waals surface area contributed by atoms with Crippen molar-refractivity contribution in [3.05, 3.63) is 47.9 Å². The highest BCUT2D eigenvalue weighted by Gasteiger charge is 2.33. The molecule has 2 fully saturated rings. The second kappa shape index (κ2) is 8.53. The summed E-state index contributed by atoms with van der Waals surface area (Å²) >= 11 is 0. The molecular formula is C24H29N5O3S. The van der Waals surface area contributed by atoms with Crippen LogP contribution in [0.2, 0.25) is 0 Å². The summed E-state index contributed by atoms with van der Waals surface area (Å²) < 4.78 is 26.4. The summed E-state index contributed by atoms with van der Waals surface area (Å²) in [5.74, 6) is 0.882. The number of piperazine rings is 1. The van der Waals surface area contributed by atoms with Crippen molar-refractivity contribution in [1.29, 1.82) is 0 Å². The van der Waals surface area contributed by atoms with Crippen LogP contribution in [-0.2, 0) is 9.84 Å². The van der Waals surface area contributed by atoms with Gasteiger partial charge in [0.15, 0.2) is 15.5 Å². The van der Waals surface area contributed by atoms with Gasteiger partial charge in [0.25, 0.3) is 5.91 Å². The first kappa shape index (κ1) is 22.0. The number of carbonyl (C=O) groups is 1. The third-order valence-electron chi connectivity index (χ3n) is 6.81. The van der Waals surface area contributed by atoms with Crippen molar-refractivity contribution in [1.82, 2.24) is 24.3 Å². The largest absolute Gasteiger partial charge is 0.335 e. The number of sulfone groups is 1. The molecule has 2 aliphatic heterocycles. The summed E-state index contributed by atoms with van der Waals surface area (Å²) in [4.78, 5) is 27.4. The number of carbonyl (C=O) groups excluding carboxylic acids is 1. The van der Waals surface area contributed by atoms with Gasteiger partial charge >= 0.3 is 0 Å². The zero-order chi connectivity index (χ0) is 23.2. The Balaban J connectivity index is 1.63. The molecule has 0 spiro atoms. The molecule has 9 heteroatoms. The molecule has 3 aromatic rings. The number of rotatable bonds is 4. The van der Waals surface area contributed by atoms with Crippen molar-refractivity contribution < 1.29 is 13.2 Å². The van der Waals surface area contributed by atoms with E-state index < -0.39 is 9.84 Å². The van der Waals surface area contributed by atoms with Crippen LogP contribution in [0.4, 0.5) is 0 Å². The molecule has 2 aromatic heterocycles. The fourth-order valence-corrected chi connectivity index (χ4v) is 6.67. The van der Waals surface area contributed by atoms with Gasteiger partial charge < -0.3 is 14.4 Å². The molecule has 0 N–H and O–H groups in total. The average Bonchev–Trinajstić information content (AvgIpc) is 3.36. The highest BCUT2D eigenvalue weighted by molar-refractivity contribution is 7.91. The normalized spacial score (nSPS) is 21.0. The lowest BCUT2D eigenvalue weighted by Gasteiger charge is -2.33. The van der Waals surface area contributed by atoms with Gasteiger partial charge in [0.1, 0.15) is 11.3 Å². The van der Waals surface area contributed by atoms with Gasteiger partial charge in [-0.2, -0.15) is 0 Å². The Morgan fingerprint density at radius 2 is 1.82 bits per heavy atom. The summed E-state index contributed by atoms with van der Waals surface area (Å²) in [6, 6.07) is 11.5. The minimum atomic E-state index is -3.06. The van der Waals surface area contributed by atoms with Crippen molar-refractivity contribution in [2.75, 3.05) is 44.2 Å². The summed E-state index contributed by atoms with van der Waals surface area (Å²) in [5.41, 5.74) is 3.28. The van der Waals surface area contributed by atoms with E-state index >= 15 is 0 Å². The van der Waals surface area contributed by atoms with E-state index in [1.165, 1.54) is 0 Å². The molecule has 0 bridgehead atoms. The molecule has 5 rings (SSSR count). The van der Waals surface area contributed by atoms with E-state index in [0.29, 0.717) is 42.2 Å². The number of benzene rings is 1. The number of amides is 1. The highest BCUT2D eigenvalue weighted by atomic mass is 32.2. The van der Waals surface area contributed by atoms with E-state index in [0.717, 1.165) is 30.7 Å². The summed E-state index contributed by atoms with van der Waals surface area (Å²) in [5, 5.41) is 0. The van der Waals surface area contributed by atoms with Gasteiger partial charge in [-0.15, -0.1) is 0 Å². The fourth-order valence-electron chi connectivity index (χ4n) is 4.97. The Morgan fingerprint density at radius 3 is 2.45 bits per heavy atom. The first-order valence-electron chi connectivity index (χ1n) is 11.5. The second-order valence-electron chi connectivity index (χ2n) is 8.90. The lowest BCUT2D eigenvalue weighted by atomic mass is 10.1. The molecule has 33 heavy (non-hydrogen) atoms. The maximum atomic E-state index is 13.6. The molecule has 2 aliphatic rings. The quantitative estimate of drug-likeness (QED) is 0.586. The zero-order valence-corrected chi connectivity index (χ0v) is 19.9. The Kier molecular flexibility index (Phi) is 5.70. The molecule has 1 amide bonds. The minimum absolute atomic E-state index is 0.102. The monoisotopic (exact) mass is 467 g/mol. The van der Waals surface area contributed by atoms with Crippen LogP contribution in [0.25, 0.3) is 22.3 Å². The molecule has 0 saturated carbocycles. The number of aryl methyl sites for hydroxylation is 1. The minimum Gasteiger partial charge on any atom is -0.335 e. The van der Waals surface area contributed by atoms with Crippen molar-refractivity contribution in [2.45, 2.75) is 26.3 Å². The van der Waals surface area contributed by atoms with Crippen LogP contribution in [0.1, 0.15) is 35.7 Å². The van der Waals surface area contributed by atoms with Crippen LogP contribution in [-0.4, -0.2) is 82.9 Å². The van der Waals surface area contributed by atoms with Crippen LogP contribution in [0.3, 0.4) is 0 Å². The number of hydrogen-bond acceptors (Lipinski definition) is 6. The molecule has 2 saturated heterocycles. The molecule has 174 valence electrons. The molecule has 0 aliphatic carbocycles. The predicted molar refractivity (Wildman–Crippen MR) is 128 cm³/mol. The van der Waals surface area contributed by atoms with Crippen LogP contribution in [0, 0.1) is 6.92 Å². The fraction of sp³-hybridized carbons (Fsp3) is 0.458. The molecule has 1 unspecified atom stereocenters. The molecule has 1 atom stereocenters. The van der Waals surface area contributed by atoms with Gasteiger partial charge in [-0.05, 0) is 26.0 Å². The van der Waals surface area contributed by atoms with Gasteiger partial charge in [0, 0.05) is 31.7 Å². The second-order valence-corrected chi connectivity index (χ2v) is 11.1. The van der Waals surface area contributed by atoms with Gasteiger partial charge in [-0.1, -0.05) is 37.3 Å². The standard InChI is InChI=1S/C24H29N5O3S/c1-3-27-10-12-28(13-11-27)24(30)23-22-21(15-20(26-23)18-7-5-4-6-8-18)29(17(2)25-22)19-9-14-33(31,32)16-19/h4-8,15,19H,3,9-14,16H2,1-2H3. The SMILES string of the molecule is CCN1CCN(C(=O)c2nc(-c3ccccc3)cc3c2nc(C)n3C2CCS(=O)(=O)C2)CC1. The van der Waals surface area contributed by atoms with Crippen molar-refractivity contribution in [2.24, 2.45) is 0 Å². The van der Waals surface area contributed by atoms with Crippen LogP contribution >= 0.6 is 0 Å². The van der Waals surface area contributed by atoms with Gasteiger partial charge in [-0.3, -0.25) is 4.79 Å². The maximum Gasteiger partial charge on any atom is 0.274 e. The van der Waals surface area contributed by atoms with Crippen molar-refractivity contribution in [3.63, 3.8) is 0 Å². The molecule has 0 radical (unpaired) electrons. The Hall–Kier alpha value is -2.78. The summed E-state index contributed by atoms with van der Waals surface area (Å²) in [6.07, 6.45) is 0.555. The van der Waals surface area contributed by atoms with Crippen LogP contribution in [0.15, 0.2) is 36.4 Å². The van der Waals surface area contributed by atoms with E-state index in [1.54, 1.807) is 0 Å². The third kappa shape index (κ3) is 4.15. The van der Waals surface area contributed by atoms with Crippen molar-refractivity contribution >= 4 is 26.8 Å². The topological polar surface area (TPSA) is 88.4 Å². The van der Waals surface area contributed by atoms with Gasteiger partial charge in [-0.25, -0.2) is 18.4 Å². The first-order chi connectivity index (χ1) is 15.9. The van der Waals surface area contributed by atoms with Gasteiger partial charge in [0.2, 0.25) is 0 Å². The first-order valence-corrected chi connectivity index (χ1v) is 13.4. The number of likely N-dealkylation sites (N-methyl/N-ethyl adjacent to an activating group) is 1. The molecule has 1 aromatic carbocycles. The molecule has 4 heterocycles. The maximum absolute atomic E-state index is 13.6. The van der Waals surface area contributed by atoms with E-state index in [9.17, 15) is 13.2 Å². The summed E-state index contributed by atoms with van der Waals surface area (Å²) in [7, 11) is -3.06. The molecular weight excluding hydrogens is 438 g/mol. The smallest absolute Gasteiger partial charge is 0.274 e. The number of imidazole rings is 1. The summed E-state index contributed by atoms with van der Waals surface area (Å²) in [6.45, 7) is 7.99. The van der Waals surface area contributed by atoms with E-state index in [1.807, 2.05) is 52.8 Å². The van der Waals surface area contributed by atoms with E-state index in [4.69, 9.17) is 9.97 Å². The van der Waals surface area contributed by atoms with E-state index in [-0.39, 0.29) is 23.5 Å². The van der Waals surface area contributed by atoms with E-state index in [2.05, 4.69) is 11.8 Å². The van der Waals surface area contributed by atoms with Crippen LogP contribution in [0.5, 0.6) is 0 Å². The third-order valence-corrected chi connectivity index (χ3v) is 8.56. The Bertz CT molecular complexity index is 1290. The number of pyridine rings is 1. The lowest BCUT2D eigenvalue weighted by Crippen LogP contribution is -2.48. The highest BCUT2D eigenvalue weighted by Crippen LogP contribution is 2.32. The molecule has 8 nitrogen and oxygen atoms in total.